The van der Waals surface area contributed by atoms with Crippen molar-refractivity contribution in [1.29, 1.82) is 0 Å². The molecular formula is C10H8F6O4S2. The van der Waals surface area contributed by atoms with E-state index in [2.05, 4.69) is 3.63 Å². The molecule has 0 aromatic heterocycles. The molecule has 12 heteroatoms. The summed E-state index contributed by atoms with van der Waals surface area (Å²) in [6.07, 6.45) is -12.5. The van der Waals surface area contributed by atoms with Crippen LogP contribution in [0.1, 0.15) is 0 Å². The van der Waals surface area contributed by atoms with Crippen molar-refractivity contribution in [2.45, 2.75) is 22.8 Å². The lowest BCUT2D eigenvalue weighted by Crippen LogP contribution is -2.60. The molecule has 1 aromatic carbocycles. The third-order valence-corrected chi connectivity index (χ3v) is 4.64. The fraction of sp³-hybridized carbons (Fsp3) is 0.400. The van der Waals surface area contributed by atoms with Gasteiger partial charge in [-0.2, -0.15) is 38.4 Å². The Bertz CT molecular complexity index is 582. The van der Waals surface area contributed by atoms with Crippen LogP contribution in [0.5, 0.6) is 0 Å². The number of benzene rings is 1. The van der Waals surface area contributed by atoms with Gasteiger partial charge in [-0.1, -0.05) is 18.2 Å². The molecule has 126 valence electrons. The van der Waals surface area contributed by atoms with Gasteiger partial charge in [0.2, 0.25) is 0 Å². The molecule has 1 rings (SSSR count). The normalized spacial score (nSPS) is 14.1. The number of hydrogen-bond donors (Lipinski definition) is 1. The zero-order valence-electron chi connectivity index (χ0n) is 10.4. The second-order valence-electron chi connectivity index (χ2n) is 4.02. The molecule has 0 aliphatic carbocycles. The highest BCUT2D eigenvalue weighted by Crippen LogP contribution is 2.44. The zero-order valence-corrected chi connectivity index (χ0v) is 12.0. The van der Waals surface area contributed by atoms with Gasteiger partial charge in [0, 0.05) is 16.9 Å². The maximum Gasteiger partial charge on any atom is 0.427 e. The summed E-state index contributed by atoms with van der Waals surface area (Å²) >= 11 is 0.0555. The third kappa shape index (κ3) is 4.51. The van der Waals surface area contributed by atoms with Crippen molar-refractivity contribution in [3.63, 3.8) is 0 Å². The molecule has 4 nitrogen and oxygen atoms in total. The Hall–Kier alpha value is -0.980. The first-order valence-electron chi connectivity index (χ1n) is 5.28. The molecule has 0 amide bonds. The molecule has 0 saturated carbocycles. The second kappa shape index (κ2) is 6.26. The molecule has 0 fully saturated rings. The number of halogens is 6. The van der Waals surface area contributed by atoms with E-state index in [0.29, 0.717) is 0 Å². The van der Waals surface area contributed by atoms with Gasteiger partial charge < -0.3 is 5.11 Å². The van der Waals surface area contributed by atoms with Gasteiger partial charge >= 0.3 is 12.4 Å². The van der Waals surface area contributed by atoms with Gasteiger partial charge in [0.1, 0.15) is 5.75 Å². The van der Waals surface area contributed by atoms with Gasteiger partial charge in [-0.15, -0.1) is 0 Å². The van der Waals surface area contributed by atoms with Gasteiger partial charge in [-0.3, -0.25) is 0 Å². The summed E-state index contributed by atoms with van der Waals surface area (Å²) in [6.45, 7) is 0. The molecule has 0 atom stereocenters. The van der Waals surface area contributed by atoms with Crippen LogP contribution in [0.15, 0.2) is 35.2 Å². The highest BCUT2D eigenvalue weighted by atomic mass is 32.3. The lowest BCUT2D eigenvalue weighted by Gasteiger charge is -2.31. The lowest BCUT2D eigenvalue weighted by molar-refractivity contribution is -0.359. The summed E-state index contributed by atoms with van der Waals surface area (Å²) in [4.78, 5) is 0.133. The molecule has 0 spiro atoms. The standard InChI is InChI=1S/C10H8F6O4S2/c11-9(12,13)8(17,10(14,15)16)6-22(18,19)20-21-7-4-2-1-3-5-7/h1-5,17H,6H2. The smallest absolute Gasteiger partial charge is 0.373 e. The first-order chi connectivity index (χ1) is 9.79. The molecule has 0 aliphatic rings. The minimum Gasteiger partial charge on any atom is -0.373 e. The van der Waals surface area contributed by atoms with Crippen LogP contribution in [0, 0.1) is 0 Å². The third-order valence-electron chi connectivity index (χ3n) is 2.30. The van der Waals surface area contributed by atoms with Crippen molar-refractivity contribution in [3.8, 4) is 0 Å². The van der Waals surface area contributed by atoms with Gasteiger partial charge in [0.15, 0.2) is 0 Å². The Kier molecular flexibility index (Phi) is 5.42. The summed E-state index contributed by atoms with van der Waals surface area (Å²) in [5.74, 6) is -2.70. The molecule has 1 aromatic rings. The maximum absolute atomic E-state index is 12.4. The molecule has 0 saturated heterocycles. The summed E-state index contributed by atoms with van der Waals surface area (Å²) in [5.41, 5.74) is -5.42. The van der Waals surface area contributed by atoms with Crippen molar-refractivity contribution in [2.24, 2.45) is 0 Å². The van der Waals surface area contributed by atoms with E-state index in [0.717, 1.165) is 0 Å². The Morgan fingerprint density at radius 3 is 1.86 bits per heavy atom. The molecule has 0 radical (unpaired) electrons. The summed E-state index contributed by atoms with van der Waals surface area (Å²) < 4.78 is 101. The highest BCUT2D eigenvalue weighted by Gasteiger charge is 2.72. The number of rotatable bonds is 5. The van der Waals surface area contributed by atoms with Crippen LogP contribution < -0.4 is 0 Å². The van der Waals surface area contributed by atoms with Gasteiger partial charge in [-0.25, -0.2) is 0 Å². The Balaban J connectivity index is 2.93. The number of alkyl halides is 6. The Morgan fingerprint density at radius 2 is 1.45 bits per heavy atom. The Labute approximate surface area is 125 Å². The van der Waals surface area contributed by atoms with Crippen molar-refractivity contribution in [1.82, 2.24) is 0 Å². The SMILES string of the molecule is O=S(=O)(CC(O)(C(F)(F)F)C(F)(F)F)OSc1ccccc1. The van der Waals surface area contributed by atoms with Crippen LogP contribution in [0.3, 0.4) is 0 Å². The minimum atomic E-state index is -6.24. The van der Waals surface area contributed by atoms with Gasteiger partial charge in [-0.05, 0) is 12.1 Å². The topological polar surface area (TPSA) is 63.6 Å². The summed E-state index contributed by atoms with van der Waals surface area (Å²) in [5, 5.41) is 8.80. The van der Waals surface area contributed by atoms with E-state index < -0.39 is 33.8 Å². The van der Waals surface area contributed by atoms with Crippen molar-refractivity contribution in [2.75, 3.05) is 5.75 Å². The van der Waals surface area contributed by atoms with Crippen LogP contribution in [-0.2, 0) is 13.7 Å². The van der Waals surface area contributed by atoms with Gasteiger partial charge in [0.25, 0.3) is 15.7 Å². The summed E-state index contributed by atoms with van der Waals surface area (Å²) in [7, 11) is -5.33. The molecule has 0 aliphatic heterocycles. The molecule has 1 N–H and O–H groups in total. The quantitative estimate of drug-likeness (QED) is 0.638. The molecule has 0 heterocycles. The lowest BCUT2D eigenvalue weighted by atomic mass is 10.1. The van der Waals surface area contributed by atoms with Crippen LogP contribution in [-0.4, -0.2) is 37.2 Å². The predicted molar refractivity (Wildman–Crippen MR) is 64.2 cm³/mol. The van der Waals surface area contributed by atoms with Crippen molar-refractivity contribution in [3.05, 3.63) is 30.3 Å². The van der Waals surface area contributed by atoms with Gasteiger partial charge in [0.05, 0.1) is 0 Å². The first kappa shape index (κ1) is 19.1. The average Bonchev–Trinajstić information content (AvgIpc) is 2.34. The van der Waals surface area contributed by atoms with E-state index in [9.17, 15) is 34.8 Å². The largest absolute Gasteiger partial charge is 0.427 e. The molecule has 22 heavy (non-hydrogen) atoms. The van der Waals surface area contributed by atoms with Crippen LogP contribution in [0.2, 0.25) is 0 Å². The minimum absolute atomic E-state index is 0.0555. The van der Waals surface area contributed by atoms with E-state index >= 15 is 0 Å². The van der Waals surface area contributed by atoms with Crippen molar-refractivity contribution < 1.29 is 43.5 Å². The zero-order chi connectivity index (χ0) is 17.2. The van der Waals surface area contributed by atoms with E-state index in [-0.39, 0.29) is 16.9 Å². The predicted octanol–water partition coefficient (Wildman–Crippen LogP) is 2.90. The molecule has 0 bridgehead atoms. The number of aliphatic hydroxyl groups is 1. The van der Waals surface area contributed by atoms with Crippen LogP contribution >= 0.6 is 12.0 Å². The van der Waals surface area contributed by atoms with Crippen LogP contribution in [0.4, 0.5) is 26.3 Å². The monoisotopic (exact) mass is 370 g/mol. The molecule has 0 unspecified atom stereocenters. The fourth-order valence-electron chi connectivity index (χ4n) is 1.17. The summed E-state index contributed by atoms with van der Waals surface area (Å²) in [6, 6.07) is 7.07. The van der Waals surface area contributed by atoms with E-state index in [1.165, 1.54) is 24.3 Å². The fourth-order valence-corrected chi connectivity index (χ4v) is 3.20. The van der Waals surface area contributed by atoms with E-state index in [1.807, 2.05) is 0 Å². The molecular weight excluding hydrogens is 362 g/mol. The second-order valence-corrected chi connectivity index (χ2v) is 6.61. The highest BCUT2D eigenvalue weighted by molar-refractivity contribution is 8.04. The number of hydrogen-bond acceptors (Lipinski definition) is 5. The Morgan fingerprint density at radius 1 is 1.00 bits per heavy atom. The first-order valence-corrected chi connectivity index (χ1v) is 7.60. The maximum atomic E-state index is 12.4. The van der Waals surface area contributed by atoms with E-state index in [4.69, 9.17) is 5.11 Å². The van der Waals surface area contributed by atoms with E-state index in [1.54, 1.807) is 6.07 Å². The van der Waals surface area contributed by atoms with Crippen LogP contribution in [0.25, 0.3) is 0 Å². The average molecular weight is 370 g/mol. The van der Waals surface area contributed by atoms with Crippen molar-refractivity contribution >= 4 is 22.2 Å².